The molecule has 1 N–H and O–H groups in total. The van der Waals surface area contributed by atoms with Crippen LogP contribution in [0, 0.1) is 5.82 Å². The van der Waals surface area contributed by atoms with Crippen molar-refractivity contribution in [3.8, 4) is 5.69 Å². The molecule has 84 valence electrons. The molecule has 0 amide bonds. The van der Waals surface area contributed by atoms with Crippen LogP contribution >= 0.6 is 11.6 Å². The minimum absolute atomic E-state index is 0.0848. The smallest absolute Gasteiger partial charge is 0.151 e. The molecule has 0 aliphatic heterocycles. The zero-order valence-corrected chi connectivity index (χ0v) is 9.37. The molecule has 2 aromatic rings. The van der Waals surface area contributed by atoms with Crippen molar-refractivity contribution in [3.63, 3.8) is 0 Å². The fraction of sp³-hybridized carbons (Fsp3) is 0.200. The molecule has 0 radical (unpaired) electrons. The van der Waals surface area contributed by atoms with Gasteiger partial charge in [0.05, 0.1) is 17.3 Å². The number of nitrogens with one attached hydrogen (secondary N) is 1. The SMILES string of the molecule is CNCc1nncn1-c1ccc(F)c(Cl)c1. The van der Waals surface area contributed by atoms with Crippen molar-refractivity contribution < 1.29 is 4.39 Å². The molecule has 6 heteroatoms. The van der Waals surface area contributed by atoms with E-state index in [0.717, 1.165) is 11.5 Å². The van der Waals surface area contributed by atoms with Crippen molar-refractivity contribution in [1.82, 2.24) is 20.1 Å². The van der Waals surface area contributed by atoms with Gasteiger partial charge in [0.15, 0.2) is 5.82 Å². The summed E-state index contributed by atoms with van der Waals surface area (Å²) in [5.41, 5.74) is 0.738. The lowest BCUT2D eigenvalue weighted by Gasteiger charge is -2.06. The molecule has 1 aromatic heterocycles. The maximum atomic E-state index is 13.0. The molecule has 0 aliphatic rings. The lowest BCUT2D eigenvalue weighted by Crippen LogP contribution is -2.11. The zero-order chi connectivity index (χ0) is 11.5. The highest BCUT2D eigenvalue weighted by molar-refractivity contribution is 6.30. The van der Waals surface area contributed by atoms with E-state index >= 15 is 0 Å². The second-order valence-electron chi connectivity index (χ2n) is 3.25. The topological polar surface area (TPSA) is 42.7 Å². The molecule has 1 heterocycles. The number of rotatable bonds is 3. The molecule has 0 spiro atoms. The van der Waals surface area contributed by atoms with Crippen LogP contribution in [0.1, 0.15) is 5.82 Å². The van der Waals surface area contributed by atoms with Gasteiger partial charge in [-0.25, -0.2) is 4.39 Å². The van der Waals surface area contributed by atoms with E-state index < -0.39 is 5.82 Å². The van der Waals surface area contributed by atoms with Gasteiger partial charge in [0, 0.05) is 0 Å². The fourth-order valence-electron chi connectivity index (χ4n) is 1.39. The van der Waals surface area contributed by atoms with Crippen LogP contribution in [0.3, 0.4) is 0 Å². The second-order valence-corrected chi connectivity index (χ2v) is 3.65. The minimum Gasteiger partial charge on any atom is -0.313 e. The largest absolute Gasteiger partial charge is 0.313 e. The van der Waals surface area contributed by atoms with Crippen LogP contribution in [0.5, 0.6) is 0 Å². The Balaban J connectivity index is 2.42. The first kappa shape index (κ1) is 11.0. The molecule has 0 atom stereocenters. The molecule has 0 aliphatic carbocycles. The zero-order valence-electron chi connectivity index (χ0n) is 8.61. The van der Waals surface area contributed by atoms with Gasteiger partial charge < -0.3 is 5.32 Å². The van der Waals surface area contributed by atoms with Crippen LogP contribution < -0.4 is 5.32 Å². The van der Waals surface area contributed by atoms with E-state index in [-0.39, 0.29) is 5.02 Å². The second kappa shape index (κ2) is 4.59. The van der Waals surface area contributed by atoms with Crippen LogP contribution in [0.2, 0.25) is 5.02 Å². The van der Waals surface area contributed by atoms with E-state index in [9.17, 15) is 4.39 Å². The van der Waals surface area contributed by atoms with Crippen LogP contribution in [0.25, 0.3) is 5.69 Å². The first-order valence-electron chi connectivity index (χ1n) is 4.71. The predicted molar refractivity (Wildman–Crippen MR) is 59.1 cm³/mol. The third kappa shape index (κ3) is 2.05. The number of hydrogen-bond donors (Lipinski definition) is 1. The molecule has 0 fully saturated rings. The van der Waals surface area contributed by atoms with Gasteiger partial charge in [-0.2, -0.15) is 0 Å². The number of benzene rings is 1. The maximum absolute atomic E-state index is 13.0. The van der Waals surface area contributed by atoms with Gasteiger partial charge >= 0.3 is 0 Å². The first-order chi connectivity index (χ1) is 7.72. The Hall–Kier alpha value is -1.46. The van der Waals surface area contributed by atoms with E-state index in [0.29, 0.717) is 6.54 Å². The minimum atomic E-state index is -0.436. The van der Waals surface area contributed by atoms with Gasteiger partial charge in [-0.3, -0.25) is 4.57 Å². The summed E-state index contributed by atoms with van der Waals surface area (Å²) in [6.45, 7) is 0.578. The van der Waals surface area contributed by atoms with Crippen LogP contribution in [0.4, 0.5) is 4.39 Å². The van der Waals surface area contributed by atoms with Gasteiger partial charge in [-0.05, 0) is 25.2 Å². The van der Waals surface area contributed by atoms with E-state index in [4.69, 9.17) is 11.6 Å². The fourth-order valence-corrected chi connectivity index (χ4v) is 1.56. The summed E-state index contributed by atoms with van der Waals surface area (Å²) in [4.78, 5) is 0. The molecule has 4 nitrogen and oxygen atoms in total. The third-order valence-corrected chi connectivity index (χ3v) is 2.42. The molecule has 16 heavy (non-hydrogen) atoms. The molecule has 0 saturated carbocycles. The molecule has 2 rings (SSSR count). The summed E-state index contributed by atoms with van der Waals surface area (Å²) < 4.78 is 14.8. The van der Waals surface area contributed by atoms with Crippen molar-refractivity contribution >= 4 is 11.6 Å². The summed E-state index contributed by atoms with van der Waals surface area (Å²) in [7, 11) is 1.82. The van der Waals surface area contributed by atoms with E-state index in [2.05, 4.69) is 15.5 Å². The number of nitrogens with zero attached hydrogens (tertiary/aromatic N) is 3. The Kier molecular flexibility index (Phi) is 3.17. The Morgan fingerprint density at radius 2 is 2.31 bits per heavy atom. The Bertz CT molecular complexity index is 497. The predicted octanol–water partition coefficient (Wildman–Crippen LogP) is 1.78. The van der Waals surface area contributed by atoms with Crippen molar-refractivity contribution in [3.05, 3.63) is 41.2 Å². The summed E-state index contributed by atoms with van der Waals surface area (Å²) in [6.07, 6.45) is 1.57. The normalized spacial score (nSPS) is 10.7. The lowest BCUT2D eigenvalue weighted by molar-refractivity contribution is 0.627. The van der Waals surface area contributed by atoms with Crippen LogP contribution in [-0.2, 0) is 6.54 Å². The van der Waals surface area contributed by atoms with Gasteiger partial charge in [0.1, 0.15) is 12.1 Å². The van der Waals surface area contributed by atoms with E-state index in [1.54, 1.807) is 23.0 Å². The summed E-state index contributed by atoms with van der Waals surface area (Å²) in [6, 6.07) is 4.49. The number of halogens is 2. The Morgan fingerprint density at radius 3 is 3.00 bits per heavy atom. The molecule has 0 unspecified atom stereocenters. The van der Waals surface area contributed by atoms with Crippen molar-refractivity contribution in [2.24, 2.45) is 0 Å². The average Bonchev–Trinajstić information content (AvgIpc) is 2.71. The highest BCUT2D eigenvalue weighted by Gasteiger charge is 2.07. The quantitative estimate of drug-likeness (QED) is 0.889. The molecule has 0 saturated heterocycles. The van der Waals surface area contributed by atoms with Gasteiger partial charge in [-0.1, -0.05) is 11.6 Å². The Morgan fingerprint density at radius 1 is 1.50 bits per heavy atom. The summed E-state index contributed by atoms with van der Waals surface area (Å²) >= 11 is 5.72. The average molecular weight is 241 g/mol. The Labute approximate surface area is 97.1 Å². The van der Waals surface area contributed by atoms with E-state index in [1.165, 1.54) is 6.07 Å². The maximum Gasteiger partial charge on any atom is 0.151 e. The monoisotopic (exact) mass is 240 g/mol. The lowest BCUT2D eigenvalue weighted by atomic mass is 10.3. The van der Waals surface area contributed by atoms with Gasteiger partial charge in [0.25, 0.3) is 0 Å². The first-order valence-corrected chi connectivity index (χ1v) is 5.09. The molecular weight excluding hydrogens is 231 g/mol. The van der Waals surface area contributed by atoms with Crippen LogP contribution in [-0.4, -0.2) is 21.8 Å². The highest BCUT2D eigenvalue weighted by Crippen LogP contribution is 2.19. The highest BCUT2D eigenvalue weighted by atomic mass is 35.5. The van der Waals surface area contributed by atoms with Crippen molar-refractivity contribution in [1.29, 1.82) is 0 Å². The van der Waals surface area contributed by atoms with Gasteiger partial charge in [-0.15, -0.1) is 10.2 Å². The van der Waals surface area contributed by atoms with Crippen molar-refractivity contribution in [2.75, 3.05) is 7.05 Å². The third-order valence-electron chi connectivity index (χ3n) is 2.13. The summed E-state index contributed by atoms with van der Waals surface area (Å²) in [5, 5.41) is 10.8. The standard InChI is InChI=1S/C10H10ClFN4/c1-13-5-10-15-14-6-16(10)7-2-3-9(12)8(11)4-7/h2-4,6,13H,5H2,1H3. The number of hydrogen-bond acceptors (Lipinski definition) is 3. The van der Waals surface area contributed by atoms with Crippen LogP contribution in [0.15, 0.2) is 24.5 Å². The number of aromatic nitrogens is 3. The molecule has 1 aromatic carbocycles. The van der Waals surface area contributed by atoms with Crippen molar-refractivity contribution in [2.45, 2.75) is 6.54 Å². The molecular formula is C10H10ClFN4. The summed E-state index contributed by atoms with van der Waals surface area (Å²) in [5.74, 6) is 0.304. The van der Waals surface area contributed by atoms with Gasteiger partial charge in [0.2, 0.25) is 0 Å². The van der Waals surface area contributed by atoms with E-state index in [1.807, 2.05) is 7.05 Å². The molecule has 0 bridgehead atoms.